The van der Waals surface area contributed by atoms with Gasteiger partial charge >= 0.3 is 0 Å². The first-order valence-electron chi connectivity index (χ1n) is 8.06. The van der Waals surface area contributed by atoms with Gasteiger partial charge in [-0.25, -0.2) is 0 Å². The number of benzene rings is 2. The van der Waals surface area contributed by atoms with Crippen molar-refractivity contribution in [3.05, 3.63) is 83.4 Å². The molecule has 110 valence electrons. The van der Waals surface area contributed by atoms with Crippen molar-refractivity contribution in [3.8, 4) is 0 Å². The van der Waals surface area contributed by atoms with Crippen LogP contribution < -0.4 is 0 Å². The Kier molecular flexibility index (Phi) is 3.44. The maximum Gasteiger partial charge on any atom is 0.0243 e. The van der Waals surface area contributed by atoms with E-state index >= 15 is 0 Å². The van der Waals surface area contributed by atoms with E-state index in [1.807, 2.05) is 0 Å². The minimum absolute atomic E-state index is 0.528. The fourth-order valence-corrected chi connectivity index (χ4v) is 3.77. The highest BCUT2D eigenvalue weighted by molar-refractivity contribution is 5.79. The first kappa shape index (κ1) is 13.5. The lowest BCUT2D eigenvalue weighted by Gasteiger charge is -2.40. The summed E-state index contributed by atoms with van der Waals surface area (Å²) in [4.78, 5) is 2.56. The van der Waals surface area contributed by atoms with Gasteiger partial charge in [0.05, 0.1) is 0 Å². The summed E-state index contributed by atoms with van der Waals surface area (Å²) >= 11 is 0. The van der Waals surface area contributed by atoms with E-state index in [2.05, 4.69) is 78.6 Å². The van der Waals surface area contributed by atoms with E-state index in [1.165, 1.54) is 27.8 Å². The molecule has 0 fully saturated rings. The smallest absolute Gasteiger partial charge is 0.0243 e. The minimum Gasteiger partial charge on any atom is -0.294 e. The van der Waals surface area contributed by atoms with Gasteiger partial charge in [-0.05, 0) is 29.2 Å². The molecular formula is C21H21N. The Bertz CT molecular complexity index is 725. The molecule has 0 spiro atoms. The van der Waals surface area contributed by atoms with Gasteiger partial charge in [-0.3, -0.25) is 4.90 Å². The van der Waals surface area contributed by atoms with Gasteiger partial charge in [0.2, 0.25) is 0 Å². The summed E-state index contributed by atoms with van der Waals surface area (Å²) in [6, 6.07) is 21.7. The van der Waals surface area contributed by atoms with Crippen molar-refractivity contribution in [2.45, 2.75) is 6.92 Å². The molecule has 2 bridgehead atoms. The van der Waals surface area contributed by atoms with Crippen LogP contribution in [-0.4, -0.2) is 24.5 Å². The second-order valence-electron chi connectivity index (χ2n) is 6.30. The minimum atomic E-state index is 0.528. The molecule has 0 radical (unpaired) electrons. The Balaban J connectivity index is 1.78. The lowest BCUT2D eigenvalue weighted by molar-refractivity contribution is 0.295. The summed E-state index contributed by atoms with van der Waals surface area (Å²) in [5, 5.41) is 0. The van der Waals surface area contributed by atoms with E-state index in [9.17, 15) is 0 Å². The zero-order valence-corrected chi connectivity index (χ0v) is 13.0. The third-order valence-corrected chi connectivity index (χ3v) is 5.00. The maximum atomic E-state index is 2.56. The highest BCUT2D eigenvalue weighted by atomic mass is 15.1. The van der Waals surface area contributed by atoms with Crippen LogP contribution in [-0.2, 0) is 0 Å². The molecule has 2 heterocycles. The van der Waals surface area contributed by atoms with Crippen molar-refractivity contribution in [1.82, 2.24) is 4.90 Å². The first-order chi connectivity index (χ1) is 10.8. The third-order valence-electron chi connectivity index (χ3n) is 5.00. The maximum absolute atomic E-state index is 2.56. The van der Waals surface area contributed by atoms with Gasteiger partial charge < -0.3 is 0 Å². The largest absolute Gasteiger partial charge is 0.294 e. The van der Waals surface area contributed by atoms with Crippen LogP contribution in [0.2, 0.25) is 0 Å². The standard InChI is InChI=1S/C21H21N/c1-16-20(18-10-6-3-7-11-18)14-22-13-12-19(21(16)15-22)17-8-4-2-5-9-17/h2-12,21H,13-15H2,1H3/t21-/m1/s1. The topological polar surface area (TPSA) is 3.24 Å². The second-order valence-corrected chi connectivity index (χ2v) is 6.30. The highest BCUT2D eigenvalue weighted by Crippen LogP contribution is 2.40. The molecule has 2 aromatic rings. The quantitative estimate of drug-likeness (QED) is 0.786. The fraction of sp³-hybridized carbons (Fsp3) is 0.238. The molecule has 0 saturated heterocycles. The Labute approximate surface area is 132 Å². The molecule has 2 aliphatic rings. The molecule has 0 aromatic heterocycles. The van der Waals surface area contributed by atoms with Gasteiger partial charge in [-0.1, -0.05) is 72.3 Å². The molecule has 0 N–H and O–H groups in total. The van der Waals surface area contributed by atoms with Crippen molar-refractivity contribution >= 4 is 11.1 Å². The molecule has 1 heteroatoms. The number of fused-ring (bicyclic) bond motifs is 2. The van der Waals surface area contributed by atoms with Gasteiger partial charge in [0.1, 0.15) is 0 Å². The normalized spacial score (nSPS) is 24.1. The van der Waals surface area contributed by atoms with Crippen LogP contribution in [0.5, 0.6) is 0 Å². The lowest BCUT2D eigenvalue weighted by atomic mass is 9.78. The summed E-state index contributed by atoms with van der Waals surface area (Å²) in [5.74, 6) is 0.528. The number of hydrogen-bond acceptors (Lipinski definition) is 1. The summed E-state index contributed by atoms with van der Waals surface area (Å²) in [7, 11) is 0. The molecule has 0 amide bonds. The zero-order chi connectivity index (χ0) is 14.9. The van der Waals surface area contributed by atoms with Crippen LogP contribution >= 0.6 is 0 Å². The van der Waals surface area contributed by atoms with E-state index < -0.39 is 0 Å². The van der Waals surface area contributed by atoms with Crippen molar-refractivity contribution in [3.63, 3.8) is 0 Å². The number of hydrogen-bond donors (Lipinski definition) is 0. The SMILES string of the molecule is CC1=C(c2ccccc2)CN2CC=C(c3ccccc3)[C@@H]1C2. The number of nitrogens with zero attached hydrogens (tertiary/aromatic N) is 1. The van der Waals surface area contributed by atoms with Gasteiger partial charge in [0.25, 0.3) is 0 Å². The molecule has 0 aliphatic carbocycles. The Hall–Kier alpha value is -2.12. The van der Waals surface area contributed by atoms with E-state index in [1.54, 1.807) is 0 Å². The molecule has 1 nitrogen and oxygen atoms in total. The second kappa shape index (κ2) is 5.58. The molecule has 1 unspecified atom stereocenters. The summed E-state index contributed by atoms with van der Waals surface area (Å²) in [5.41, 5.74) is 7.31. The summed E-state index contributed by atoms with van der Waals surface area (Å²) in [6.07, 6.45) is 2.43. The summed E-state index contributed by atoms with van der Waals surface area (Å²) < 4.78 is 0. The number of rotatable bonds is 2. The predicted octanol–water partition coefficient (Wildman–Crippen LogP) is 4.49. The van der Waals surface area contributed by atoms with E-state index in [0.717, 1.165) is 19.6 Å². The molecule has 0 saturated carbocycles. The van der Waals surface area contributed by atoms with Gasteiger partial charge in [0, 0.05) is 25.6 Å². The molecule has 2 atom stereocenters. The van der Waals surface area contributed by atoms with E-state index in [0.29, 0.717) is 5.92 Å². The highest BCUT2D eigenvalue weighted by Gasteiger charge is 2.31. The van der Waals surface area contributed by atoms with Crippen LogP contribution in [0.3, 0.4) is 0 Å². The molecule has 2 aromatic carbocycles. The Morgan fingerprint density at radius 2 is 1.50 bits per heavy atom. The van der Waals surface area contributed by atoms with E-state index in [4.69, 9.17) is 0 Å². The third kappa shape index (κ3) is 2.32. The molecule has 4 rings (SSSR count). The lowest BCUT2D eigenvalue weighted by Crippen LogP contribution is -2.40. The van der Waals surface area contributed by atoms with Crippen molar-refractivity contribution in [1.29, 1.82) is 0 Å². The zero-order valence-electron chi connectivity index (χ0n) is 13.0. The van der Waals surface area contributed by atoms with Crippen LogP contribution in [0.25, 0.3) is 11.1 Å². The van der Waals surface area contributed by atoms with Gasteiger partial charge in [-0.2, -0.15) is 0 Å². The van der Waals surface area contributed by atoms with E-state index in [-0.39, 0.29) is 0 Å². The average Bonchev–Trinajstić information content (AvgIpc) is 2.60. The van der Waals surface area contributed by atoms with Crippen molar-refractivity contribution in [2.75, 3.05) is 19.6 Å². The van der Waals surface area contributed by atoms with Crippen LogP contribution in [0.4, 0.5) is 0 Å². The molecular weight excluding hydrogens is 266 g/mol. The summed E-state index contributed by atoms with van der Waals surface area (Å²) in [6.45, 7) is 5.62. The van der Waals surface area contributed by atoms with Crippen molar-refractivity contribution < 1.29 is 0 Å². The predicted molar refractivity (Wildman–Crippen MR) is 93.4 cm³/mol. The molecule has 22 heavy (non-hydrogen) atoms. The van der Waals surface area contributed by atoms with Gasteiger partial charge in [0.15, 0.2) is 0 Å². The Morgan fingerprint density at radius 1 is 0.864 bits per heavy atom. The average molecular weight is 287 g/mol. The van der Waals surface area contributed by atoms with Gasteiger partial charge in [-0.15, -0.1) is 0 Å². The Morgan fingerprint density at radius 3 is 2.18 bits per heavy atom. The monoisotopic (exact) mass is 287 g/mol. The van der Waals surface area contributed by atoms with Crippen LogP contribution in [0.15, 0.2) is 72.3 Å². The molecule has 2 aliphatic heterocycles. The first-order valence-corrected chi connectivity index (χ1v) is 8.06. The van der Waals surface area contributed by atoms with Crippen LogP contribution in [0.1, 0.15) is 18.1 Å². The van der Waals surface area contributed by atoms with Crippen LogP contribution in [0, 0.1) is 5.92 Å². The fourth-order valence-electron chi connectivity index (χ4n) is 3.77. The van der Waals surface area contributed by atoms with Crippen molar-refractivity contribution in [2.24, 2.45) is 5.92 Å².